The maximum absolute atomic E-state index is 11.4. The molecule has 2 aromatic rings. The minimum absolute atomic E-state index is 0.0657. The molecular formula is C13H17N3O2S2. The Hall–Kier alpha value is -1.60. The number of benzene rings is 1. The highest BCUT2D eigenvalue weighted by Crippen LogP contribution is 2.16. The topological polar surface area (TPSA) is 71.1 Å². The average molecular weight is 311 g/mol. The fourth-order valence-corrected chi connectivity index (χ4v) is 2.84. The summed E-state index contributed by atoms with van der Waals surface area (Å²) in [5.74, 6) is 0.0657. The van der Waals surface area contributed by atoms with Crippen molar-refractivity contribution in [3.05, 3.63) is 40.3 Å². The molecule has 0 aliphatic carbocycles. The lowest BCUT2D eigenvalue weighted by atomic mass is 10.3. The maximum atomic E-state index is 11.4. The highest BCUT2D eigenvalue weighted by molar-refractivity contribution is 7.92. The van der Waals surface area contributed by atoms with Crippen LogP contribution in [0.1, 0.15) is 17.6 Å². The normalized spacial score (nSPS) is 11.3. The predicted molar refractivity (Wildman–Crippen MR) is 83.7 cm³/mol. The van der Waals surface area contributed by atoms with Crippen molar-refractivity contribution in [3.8, 4) is 0 Å². The summed E-state index contributed by atoms with van der Waals surface area (Å²) >= 11 is 1.62. The van der Waals surface area contributed by atoms with Gasteiger partial charge in [-0.1, -0.05) is 0 Å². The Morgan fingerprint density at radius 1 is 1.20 bits per heavy atom. The van der Waals surface area contributed by atoms with Gasteiger partial charge in [-0.05, 0) is 38.1 Å². The summed E-state index contributed by atoms with van der Waals surface area (Å²) in [4.78, 5) is 4.37. The maximum Gasteiger partial charge on any atom is 0.232 e. The van der Waals surface area contributed by atoms with Gasteiger partial charge in [0.1, 0.15) is 0 Å². The number of aryl methyl sites for hydroxylation is 1. The molecule has 0 unspecified atom stereocenters. The molecular weight excluding hydrogens is 294 g/mol. The van der Waals surface area contributed by atoms with E-state index in [2.05, 4.69) is 15.0 Å². The lowest BCUT2D eigenvalue weighted by molar-refractivity contribution is 0.602. The fraction of sp³-hybridized carbons (Fsp3) is 0.308. The molecule has 7 heteroatoms. The van der Waals surface area contributed by atoms with E-state index in [0.717, 1.165) is 16.4 Å². The molecule has 5 nitrogen and oxygen atoms in total. The van der Waals surface area contributed by atoms with Crippen LogP contribution in [0.3, 0.4) is 0 Å². The fourth-order valence-electron chi connectivity index (χ4n) is 1.59. The van der Waals surface area contributed by atoms with Crippen molar-refractivity contribution in [2.45, 2.75) is 20.4 Å². The number of hydrogen-bond acceptors (Lipinski definition) is 5. The van der Waals surface area contributed by atoms with Gasteiger partial charge < -0.3 is 5.32 Å². The standard InChI is InChI=1S/C13H17N3O2S2/c1-3-20(17,18)16-12-6-4-11(5-7-12)14-8-13-9-19-10(2)15-13/h4-7,9,14,16H,3,8H2,1-2H3. The highest BCUT2D eigenvalue weighted by atomic mass is 32.2. The van der Waals surface area contributed by atoms with Gasteiger partial charge in [-0.2, -0.15) is 0 Å². The van der Waals surface area contributed by atoms with E-state index in [0.29, 0.717) is 12.2 Å². The van der Waals surface area contributed by atoms with Gasteiger partial charge in [0.15, 0.2) is 0 Å². The molecule has 2 rings (SSSR count). The van der Waals surface area contributed by atoms with Crippen LogP contribution in [0.15, 0.2) is 29.6 Å². The summed E-state index contributed by atoms with van der Waals surface area (Å²) < 4.78 is 25.4. The molecule has 0 saturated heterocycles. The Kier molecular flexibility index (Phi) is 4.61. The average Bonchev–Trinajstić information content (AvgIpc) is 2.83. The van der Waals surface area contributed by atoms with Crippen LogP contribution < -0.4 is 10.0 Å². The van der Waals surface area contributed by atoms with Crippen LogP contribution in [-0.4, -0.2) is 19.2 Å². The van der Waals surface area contributed by atoms with Crippen LogP contribution in [0.4, 0.5) is 11.4 Å². The number of aromatic nitrogens is 1. The van der Waals surface area contributed by atoms with Gasteiger partial charge in [-0.3, -0.25) is 4.72 Å². The van der Waals surface area contributed by atoms with E-state index in [4.69, 9.17) is 0 Å². The van der Waals surface area contributed by atoms with Crippen LogP contribution in [0, 0.1) is 6.92 Å². The second-order valence-corrected chi connectivity index (χ2v) is 7.37. The van der Waals surface area contributed by atoms with E-state index in [1.807, 2.05) is 24.4 Å². The Labute approximate surface area is 123 Å². The number of rotatable bonds is 6. The molecule has 0 amide bonds. The molecule has 0 bridgehead atoms. The molecule has 0 aliphatic rings. The van der Waals surface area contributed by atoms with Crippen LogP contribution in [0.5, 0.6) is 0 Å². The van der Waals surface area contributed by atoms with Crippen LogP contribution in [0.25, 0.3) is 0 Å². The van der Waals surface area contributed by atoms with Crippen LogP contribution in [0.2, 0.25) is 0 Å². The minimum atomic E-state index is -3.22. The van der Waals surface area contributed by atoms with Gasteiger partial charge in [0.25, 0.3) is 0 Å². The third kappa shape index (κ3) is 4.21. The predicted octanol–water partition coefficient (Wildman–Crippen LogP) is 2.83. The molecule has 0 radical (unpaired) electrons. The van der Waals surface area contributed by atoms with Gasteiger partial charge in [-0.25, -0.2) is 13.4 Å². The zero-order valence-electron chi connectivity index (χ0n) is 11.4. The van der Waals surface area contributed by atoms with Crippen molar-refractivity contribution >= 4 is 32.7 Å². The lowest BCUT2D eigenvalue weighted by Crippen LogP contribution is -2.14. The van der Waals surface area contributed by atoms with Crippen molar-refractivity contribution in [1.82, 2.24) is 4.98 Å². The number of anilines is 2. The third-order valence-corrected chi connectivity index (χ3v) is 4.81. The van der Waals surface area contributed by atoms with E-state index >= 15 is 0 Å². The number of thiazole rings is 1. The molecule has 108 valence electrons. The van der Waals surface area contributed by atoms with E-state index in [1.165, 1.54) is 0 Å². The smallest absolute Gasteiger partial charge is 0.232 e. The van der Waals surface area contributed by atoms with Crippen molar-refractivity contribution in [1.29, 1.82) is 0 Å². The first-order valence-corrected chi connectivity index (χ1v) is 8.77. The Morgan fingerprint density at radius 3 is 2.40 bits per heavy atom. The van der Waals surface area contributed by atoms with Gasteiger partial charge in [0, 0.05) is 16.8 Å². The van der Waals surface area contributed by atoms with Crippen molar-refractivity contribution < 1.29 is 8.42 Å². The Bertz CT molecular complexity index is 663. The van der Waals surface area contributed by atoms with E-state index in [9.17, 15) is 8.42 Å². The van der Waals surface area contributed by atoms with Crippen molar-refractivity contribution in [3.63, 3.8) is 0 Å². The van der Waals surface area contributed by atoms with Gasteiger partial charge in [-0.15, -0.1) is 11.3 Å². The Morgan fingerprint density at radius 2 is 1.85 bits per heavy atom. The first-order valence-electron chi connectivity index (χ1n) is 6.24. The molecule has 0 aliphatic heterocycles. The molecule has 0 spiro atoms. The molecule has 20 heavy (non-hydrogen) atoms. The molecule has 1 aromatic carbocycles. The van der Waals surface area contributed by atoms with E-state index < -0.39 is 10.0 Å². The molecule has 0 atom stereocenters. The largest absolute Gasteiger partial charge is 0.379 e. The summed E-state index contributed by atoms with van der Waals surface area (Å²) in [6.45, 7) is 4.24. The first-order chi connectivity index (χ1) is 9.48. The van der Waals surface area contributed by atoms with E-state index in [-0.39, 0.29) is 5.75 Å². The van der Waals surface area contributed by atoms with Gasteiger partial charge >= 0.3 is 0 Å². The van der Waals surface area contributed by atoms with Crippen molar-refractivity contribution in [2.75, 3.05) is 15.8 Å². The monoisotopic (exact) mass is 311 g/mol. The highest BCUT2D eigenvalue weighted by Gasteiger charge is 2.06. The zero-order chi connectivity index (χ0) is 14.6. The molecule has 2 N–H and O–H groups in total. The molecule has 1 aromatic heterocycles. The van der Waals surface area contributed by atoms with Crippen LogP contribution >= 0.6 is 11.3 Å². The summed E-state index contributed by atoms with van der Waals surface area (Å²) in [5, 5.41) is 6.31. The third-order valence-electron chi connectivity index (χ3n) is 2.68. The van der Waals surface area contributed by atoms with Gasteiger partial charge in [0.2, 0.25) is 10.0 Å². The first kappa shape index (κ1) is 14.8. The molecule has 0 fully saturated rings. The second-order valence-electron chi connectivity index (χ2n) is 4.29. The minimum Gasteiger partial charge on any atom is -0.379 e. The SMILES string of the molecule is CCS(=O)(=O)Nc1ccc(NCc2csc(C)n2)cc1. The van der Waals surface area contributed by atoms with Gasteiger partial charge in [0.05, 0.1) is 23.0 Å². The second kappa shape index (κ2) is 6.23. The van der Waals surface area contributed by atoms with Crippen molar-refractivity contribution in [2.24, 2.45) is 0 Å². The summed E-state index contributed by atoms with van der Waals surface area (Å²) in [6, 6.07) is 7.16. The summed E-state index contributed by atoms with van der Waals surface area (Å²) in [5.41, 5.74) is 2.50. The van der Waals surface area contributed by atoms with E-state index in [1.54, 1.807) is 30.4 Å². The molecule has 0 saturated carbocycles. The quantitative estimate of drug-likeness (QED) is 0.860. The molecule has 1 heterocycles. The number of nitrogens with zero attached hydrogens (tertiary/aromatic N) is 1. The lowest BCUT2D eigenvalue weighted by Gasteiger charge is -2.08. The number of nitrogens with one attached hydrogen (secondary N) is 2. The number of hydrogen-bond donors (Lipinski definition) is 2. The summed E-state index contributed by atoms with van der Waals surface area (Å²) in [6.07, 6.45) is 0. The number of sulfonamides is 1. The Balaban J connectivity index is 1.94. The zero-order valence-corrected chi connectivity index (χ0v) is 13.0. The summed E-state index contributed by atoms with van der Waals surface area (Å²) in [7, 11) is -3.22. The van der Waals surface area contributed by atoms with Crippen LogP contribution in [-0.2, 0) is 16.6 Å².